The summed E-state index contributed by atoms with van der Waals surface area (Å²) >= 11 is 0. The summed E-state index contributed by atoms with van der Waals surface area (Å²) in [5.41, 5.74) is 3.28. The number of carbonyl (C=O) groups is 3. The van der Waals surface area contributed by atoms with Crippen LogP contribution >= 0.6 is 0 Å². The second-order valence-electron chi connectivity index (χ2n) is 5.28. The van der Waals surface area contributed by atoms with Crippen LogP contribution in [0.2, 0.25) is 0 Å². The number of hydrogen-bond acceptors (Lipinski definition) is 4. The van der Waals surface area contributed by atoms with Gasteiger partial charge < -0.3 is 10.1 Å². The molecule has 6 heteroatoms. The van der Waals surface area contributed by atoms with E-state index in [4.69, 9.17) is 4.74 Å². The van der Waals surface area contributed by atoms with Crippen LogP contribution in [-0.2, 0) is 4.79 Å². The van der Waals surface area contributed by atoms with Crippen molar-refractivity contribution >= 4 is 23.9 Å². The molecule has 0 spiro atoms. The van der Waals surface area contributed by atoms with Gasteiger partial charge in [0.05, 0.1) is 0 Å². The third-order valence-corrected chi connectivity index (χ3v) is 3.40. The predicted molar refractivity (Wildman–Crippen MR) is 90.4 cm³/mol. The summed E-state index contributed by atoms with van der Waals surface area (Å²) in [6, 6.07) is 11.2. The van der Waals surface area contributed by atoms with Crippen LogP contribution < -0.4 is 15.4 Å². The maximum Gasteiger partial charge on any atom is 0.325 e. The summed E-state index contributed by atoms with van der Waals surface area (Å²) in [5, 5.41) is 4.77. The van der Waals surface area contributed by atoms with Crippen LogP contribution in [0, 0.1) is 13.8 Å². The van der Waals surface area contributed by atoms with Crippen LogP contribution in [0.15, 0.2) is 42.5 Å². The van der Waals surface area contributed by atoms with Gasteiger partial charge in [-0.1, -0.05) is 6.07 Å². The Balaban J connectivity index is 1.81. The number of aldehydes is 1. The van der Waals surface area contributed by atoms with Crippen molar-refractivity contribution in [2.24, 2.45) is 0 Å². The molecule has 0 atom stereocenters. The highest BCUT2D eigenvalue weighted by Gasteiger charge is 2.09. The highest BCUT2D eigenvalue weighted by atomic mass is 16.5. The Morgan fingerprint density at radius 1 is 1.04 bits per heavy atom. The molecule has 2 aromatic carbocycles. The Kier molecular flexibility index (Phi) is 5.68. The first-order valence-corrected chi connectivity index (χ1v) is 7.34. The van der Waals surface area contributed by atoms with E-state index in [0.717, 1.165) is 11.1 Å². The Labute approximate surface area is 139 Å². The van der Waals surface area contributed by atoms with E-state index < -0.39 is 11.9 Å². The van der Waals surface area contributed by atoms with Gasteiger partial charge in [0.15, 0.2) is 6.61 Å². The topological polar surface area (TPSA) is 84.5 Å². The Bertz CT molecular complexity index is 754. The molecule has 3 amide bonds. The molecule has 0 aliphatic carbocycles. The fraction of sp³-hybridized carbons (Fsp3) is 0.167. The van der Waals surface area contributed by atoms with Gasteiger partial charge in [0.2, 0.25) is 0 Å². The van der Waals surface area contributed by atoms with Gasteiger partial charge in [-0.05, 0) is 61.4 Å². The number of ether oxygens (including phenoxy) is 1. The maximum absolute atomic E-state index is 11.8. The lowest BCUT2D eigenvalue weighted by molar-refractivity contribution is -0.121. The van der Waals surface area contributed by atoms with Crippen molar-refractivity contribution in [1.82, 2.24) is 5.32 Å². The van der Waals surface area contributed by atoms with E-state index in [9.17, 15) is 14.4 Å². The Hall–Kier alpha value is -3.15. The first-order valence-electron chi connectivity index (χ1n) is 7.34. The summed E-state index contributed by atoms with van der Waals surface area (Å²) < 4.78 is 5.25. The van der Waals surface area contributed by atoms with Gasteiger partial charge in [-0.2, -0.15) is 0 Å². The minimum atomic E-state index is -0.622. The molecule has 6 nitrogen and oxygen atoms in total. The van der Waals surface area contributed by atoms with E-state index in [0.29, 0.717) is 23.3 Å². The zero-order valence-corrected chi connectivity index (χ0v) is 13.5. The Morgan fingerprint density at radius 3 is 2.38 bits per heavy atom. The molecular weight excluding hydrogens is 308 g/mol. The lowest BCUT2D eigenvalue weighted by atomic mass is 10.1. The lowest BCUT2D eigenvalue weighted by Crippen LogP contribution is -2.37. The zero-order valence-electron chi connectivity index (χ0n) is 13.5. The summed E-state index contributed by atoms with van der Waals surface area (Å²) in [4.78, 5) is 34.0. The van der Waals surface area contributed by atoms with Crippen LogP contribution in [0.5, 0.6) is 5.75 Å². The van der Waals surface area contributed by atoms with Gasteiger partial charge >= 0.3 is 6.03 Å². The maximum atomic E-state index is 11.8. The molecule has 0 aliphatic heterocycles. The number of aryl methyl sites for hydroxylation is 2. The molecule has 2 aromatic rings. The summed E-state index contributed by atoms with van der Waals surface area (Å²) in [7, 11) is 0. The fourth-order valence-corrected chi connectivity index (χ4v) is 1.94. The first-order chi connectivity index (χ1) is 11.5. The quantitative estimate of drug-likeness (QED) is 0.828. The third kappa shape index (κ3) is 4.95. The average Bonchev–Trinajstić information content (AvgIpc) is 2.56. The molecule has 0 bridgehead atoms. The third-order valence-electron chi connectivity index (χ3n) is 3.40. The van der Waals surface area contributed by atoms with Gasteiger partial charge in [-0.3, -0.25) is 14.9 Å². The van der Waals surface area contributed by atoms with Gasteiger partial charge in [-0.25, -0.2) is 4.79 Å². The molecule has 124 valence electrons. The summed E-state index contributed by atoms with van der Waals surface area (Å²) in [6.45, 7) is 3.61. The SMILES string of the molecule is Cc1ccc(NC(=O)NC(=O)COc2ccc(C=O)cc2)cc1C. The highest BCUT2D eigenvalue weighted by molar-refractivity contribution is 6.01. The molecule has 0 fully saturated rings. The molecular formula is C18H18N2O4. The molecule has 24 heavy (non-hydrogen) atoms. The number of imide groups is 1. The Morgan fingerprint density at radius 2 is 1.75 bits per heavy atom. The highest BCUT2D eigenvalue weighted by Crippen LogP contribution is 2.14. The van der Waals surface area contributed by atoms with Crippen LogP contribution in [0.3, 0.4) is 0 Å². The number of benzene rings is 2. The number of carbonyl (C=O) groups excluding carboxylic acids is 3. The monoisotopic (exact) mass is 326 g/mol. The van der Waals surface area contributed by atoms with Crippen molar-refractivity contribution < 1.29 is 19.1 Å². The number of nitrogens with one attached hydrogen (secondary N) is 2. The number of rotatable bonds is 5. The van der Waals surface area contributed by atoms with Crippen molar-refractivity contribution in [3.8, 4) is 5.75 Å². The number of anilines is 1. The molecule has 2 rings (SSSR count). The van der Waals surface area contributed by atoms with E-state index in [2.05, 4.69) is 10.6 Å². The number of urea groups is 1. The molecule has 0 radical (unpaired) electrons. The van der Waals surface area contributed by atoms with E-state index in [1.807, 2.05) is 26.0 Å². The molecule has 0 saturated heterocycles. The molecule has 0 saturated carbocycles. The molecule has 2 N–H and O–H groups in total. The first kappa shape index (κ1) is 17.2. The molecule has 0 heterocycles. The predicted octanol–water partition coefficient (Wildman–Crippen LogP) is 2.84. The zero-order chi connectivity index (χ0) is 17.5. The smallest absolute Gasteiger partial charge is 0.325 e. The van der Waals surface area contributed by atoms with Crippen LogP contribution in [0.1, 0.15) is 21.5 Å². The number of amides is 3. The molecule has 0 aromatic heterocycles. The van der Waals surface area contributed by atoms with E-state index in [1.165, 1.54) is 0 Å². The normalized spacial score (nSPS) is 9.92. The standard InChI is InChI=1S/C18H18N2O4/c1-12-3-6-15(9-13(12)2)19-18(23)20-17(22)11-24-16-7-4-14(10-21)5-8-16/h3-10H,11H2,1-2H3,(H2,19,20,22,23). The van der Waals surface area contributed by atoms with Gasteiger partial charge in [-0.15, -0.1) is 0 Å². The van der Waals surface area contributed by atoms with Gasteiger partial charge in [0, 0.05) is 11.3 Å². The lowest BCUT2D eigenvalue weighted by Gasteiger charge is -2.09. The van der Waals surface area contributed by atoms with Crippen LogP contribution in [-0.4, -0.2) is 24.8 Å². The summed E-state index contributed by atoms with van der Waals surface area (Å²) in [6.07, 6.45) is 0.716. The molecule has 0 unspecified atom stereocenters. The van der Waals surface area contributed by atoms with E-state index in [-0.39, 0.29) is 6.61 Å². The van der Waals surface area contributed by atoms with Crippen molar-refractivity contribution in [2.75, 3.05) is 11.9 Å². The van der Waals surface area contributed by atoms with E-state index in [1.54, 1.807) is 30.3 Å². The van der Waals surface area contributed by atoms with Gasteiger partial charge in [0.25, 0.3) is 5.91 Å². The van der Waals surface area contributed by atoms with E-state index >= 15 is 0 Å². The van der Waals surface area contributed by atoms with Crippen molar-refractivity contribution in [3.63, 3.8) is 0 Å². The van der Waals surface area contributed by atoms with Gasteiger partial charge in [0.1, 0.15) is 12.0 Å². The second kappa shape index (κ2) is 7.92. The average molecular weight is 326 g/mol. The van der Waals surface area contributed by atoms with Crippen molar-refractivity contribution in [3.05, 3.63) is 59.2 Å². The number of hydrogen-bond donors (Lipinski definition) is 2. The largest absolute Gasteiger partial charge is 0.484 e. The van der Waals surface area contributed by atoms with Crippen molar-refractivity contribution in [2.45, 2.75) is 13.8 Å². The summed E-state index contributed by atoms with van der Waals surface area (Å²) in [5.74, 6) is -0.138. The van der Waals surface area contributed by atoms with Crippen LogP contribution in [0.4, 0.5) is 10.5 Å². The fourth-order valence-electron chi connectivity index (χ4n) is 1.94. The minimum absolute atomic E-state index is 0.305. The molecule has 0 aliphatic rings. The van der Waals surface area contributed by atoms with Crippen LogP contribution in [0.25, 0.3) is 0 Å². The minimum Gasteiger partial charge on any atom is -0.484 e. The second-order valence-corrected chi connectivity index (χ2v) is 5.28. The van der Waals surface area contributed by atoms with Crippen molar-refractivity contribution in [1.29, 1.82) is 0 Å².